The van der Waals surface area contributed by atoms with Gasteiger partial charge in [-0.2, -0.15) is 4.98 Å². The third kappa shape index (κ3) is 5.44. The molecule has 216 valence electrons. The van der Waals surface area contributed by atoms with Crippen LogP contribution in [0.5, 0.6) is 0 Å². The number of hydrogen-bond donors (Lipinski definition) is 1. The largest absolute Gasteiger partial charge is 0.444 e. The Morgan fingerprint density at radius 2 is 1.98 bits per heavy atom. The predicted molar refractivity (Wildman–Crippen MR) is 156 cm³/mol. The minimum atomic E-state index is -0.599. The molecule has 1 saturated heterocycles. The number of carbonyl (C=O) groups is 1. The smallest absolute Gasteiger partial charge is 0.407 e. The number of amides is 1. The average Bonchev–Trinajstić information content (AvgIpc) is 3.46. The summed E-state index contributed by atoms with van der Waals surface area (Å²) in [6, 6.07) is 5.52. The highest BCUT2D eigenvalue weighted by Crippen LogP contribution is 2.24. The summed E-state index contributed by atoms with van der Waals surface area (Å²) in [5.74, 6) is 6.49. The van der Waals surface area contributed by atoms with Gasteiger partial charge in [-0.1, -0.05) is 12.0 Å². The van der Waals surface area contributed by atoms with Crippen molar-refractivity contribution in [3.05, 3.63) is 56.6 Å². The molecule has 1 aliphatic rings. The topological polar surface area (TPSA) is 121 Å². The first kappa shape index (κ1) is 28.0. The first-order valence-electron chi connectivity index (χ1n) is 13.7. The Kier molecular flexibility index (Phi) is 7.38. The van der Waals surface area contributed by atoms with Crippen LogP contribution in [0, 0.1) is 18.8 Å². The summed E-state index contributed by atoms with van der Waals surface area (Å²) in [7, 11) is 1.62. The molecule has 12 heteroatoms. The summed E-state index contributed by atoms with van der Waals surface area (Å²) < 4.78 is 11.8. The second kappa shape index (κ2) is 10.8. The normalized spacial score (nSPS) is 15.7. The van der Waals surface area contributed by atoms with Crippen LogP contribution in [-0.2, 0) is 24.9 Å². The highest BCUT2D eigenvalue weighted by atomic mass is 16.6. The van der Waals surface area contributed by atoms with Crippen molar-refractivity contribution < 1.29 is 9.53 Å². The number of carbonyl (C=O) groups excluding carboxylic acids is 1. The SMILES string of the molecule is CC#CCn1c(N2CCCC(NC(=O)OC(C)(C)C)C2)nc2c1c(=O)n(Cc1nc3ccccn3c1C)c(=O)n2C. The van der Waals surface area contributed by atoms with E-state index in [9.17, 15) is 14.4 Å². The number of imidazole rings is 2. The van der Waals surface area contributed by atoms with E-state index in [4.69, 9.17) is 9.72 Å². The minimum absolute atomic E-state index is 0.0283. The van der Waals surface area contributed by atoms with Crippen molar-refractivity contribution >= 4 is 28.9 Å². The summed E-state index contributed by atoms with van der Waals surface area (Å²) in [5.41, 5.74) is 1.32. The summed E-state index contributed by atoms with van der Waals surface area (Å²) in [6.45, 7) is 10.5. The van der Waals surface area contributed by atoms with Crippen molar-refractivity contribution in [2.24, 2.45) is 7.05 Å². The quantitative estimate of drug-likeness (QED) is 0.372. The molecule has 0 saturated carbocycles. The van der Waals surface area contributed by atoms with Crippen LogP contribution in [0.15, 0.2) is 34.0 Å². The number of anilines is 1. The van der Waals surface area contributed by atoms with E-state index in [1.165, 1.54) is 9.13 Å². The van der Waals surface area contributed by atoms with Crippen LogP contribution in [-0.4, -0.2) is 58.9 Å². The van der Waals surface area contributed by atoms with E-state index in [2.05, 4.69) is 22.1 Å². The van der Waals surface area contributed by atoms with Gasteiger partial charge in [-0.15, -0.1) is 5.92 Å². The summed E-state index contributed by atoms with van der Waals surface area (Å²) in [5, 5.41) is 2.96. The van der Waals surface area contributed by atoms with Crippen molar-refractivity contribution in [2.75, 3.05) is 18.0 Å². The maximum absolute atomic E-state index is 14.0. The fourth-order valence-electron chi connectivity index (χ4n) is 5.27. The number of alkyl carbamates (subject to hydrolysis) is 1. The van der Waals surface area contributed by atoms with Gasteiger partial charge < -0.3 is 19.4 Å². The second-order valence-electron chi connectivity index (χ2n) is 11.3. The predicted octanol–water partition coefficient (Wildman–Crippen LogP) is 2.42. The maximum atomic E-state index is 14.0. The Bertz CT molecular complexity index is 1810. The Labute approximate surface area is 237 Å². The summed E-state index contributed by atoms with van der Waals surface area (Å²) >= 11 is 0. The first-order valence-corrected chi connectivity index (χ1v) is 13.7. The third-order valence-corrected chi connectivity index (χ3v) is 7.23. The van der Waals surface area contributed by atoms with E-state index in [-0.39, 0.29) is 24.8 Å². The van der Waals surface area contributed by atoms with Crippen LogP contribution in [0.3, 0.4) is 0 Å². The van der Waals surface area contributed by atoms with Gasteiger partial charge in [-0.25, -0.2) is 14.6 Å². The molecule has 12 nitrogen and oxygen atoms in total. The molecule has 0 bridgehead atoms. The molecule has 5 heterocycles. The average molecular weight is 561 g/mol. The van der Waals surface area contributed by atoms with E-state index in [1.54, 1.807) is 18.5 Å². The van der Waals surface area contributed by atoms with E-state index < -0.39 is 22.9 Å². The number of aromatic nitrogens is 6. The summed E-state index contributed by atoms with van der Waals surface area (Å²) in [4.78, 5) is 51.4. The van der Waals surface area contributed by atoms with Gasteiger partial charge in [0.05, 0.1) is 18.8 Å². The maximum Gasteiger partial charge on any atom is 0.407 e. The molecule has 1 atom stereocenters. The monoisotopic (exact) mass is 560 g/mol. The van der Waals surface area contributed by atoms with Gasteiger partial charge >= 0.3 is 11.8 Å². The van der Waals surface area contributed by atoms with Crippen LogP contribution < -0.4 is 21.5 Å². The number of nitrogens with zero attached hydrogens (tertiary/aromatic N) is 7. The molecule has 0 radical (unpaired) electrons. The molecule has 4 aromatic heterocycles. The fraction of sp³-hybridized carbons (Fsp3) is 0.483. The lowest BCUT2D eigenvalue weighted by molar-refractivity contribution is 0.0499. The molecule has 4 aromatic rings. The van der Waals surface area contributed by atoms with Gasteiger partial charge in [0.1, 0.15) is 11.2 Å². The van der Waals surface area contributed by atoms with Gasteiger partial charge in [0.25, 0.3) is 5.56 Å². The Morgan fingerprint density at radius 3 is 2.68 bits per heavy atom. The molecule has 1 unspecified atom stereocenters. The molecule has 1 aliphatic heterocycles. The molecule has 0 aromatic carbocycles. The summed E-state index contributed by atoms with van der Waals surface area (Å²) in [6.07, 6.45) is 3.02. The highest BCUT2D eigenvalue weighted by Gasteiger charge is 2.29. The molecule has 0 aliphatic carbocycles. The van der Waals surface area contributed by atoms with Crippen molar-refractivity contribution in [2.45, 2.75) is 72.2 Å². The van der Waals surface area contributed by atoms with Crippen molar-refractivity contribution in [3.8, 4) is 11.8 Å². The molecule has 41 heavy (non-hydrogen) atoms. The lowest BCUT2D eigenvalue weighted by Crippen LogP contribution is -2.49. The lowest BCUT2D eigenvalue weighted by atomic mass is 10.1. The Hall–Kier alpha value is -4.53. The van der Waals surface area contributed by atoms with Gasteiger partial charge in [-0.05, 0) is 59.6 Å². The minimum Gasteiger partial charge on any atom is -0.444 e. The first-order chi connectivity index (χ1) is 19.5. The van der Waals surface area contributed by atoms with E-state index in [1.807, 2.05) is 61.4 Å². The number of ether oxygens (including phenoxy) is 1. The van der Waals surface area contributed by atoms with Gasteiger partial charge in [0, 0.05) is 38.1 Å². The molecular weight excluding hydrogens is 524 g/mol. The fourth-order valence-corrected chi connectivity index (χ4v) is 5.27. The lowest BCUT2D eigenvalue weighted by Gasteiger charge is -2.34. The standard InChI is InChI=1S/C29H36N8O4/c1-7-8-15-36-23-24(32-26(36)34-14-11-12-20(17-34)30-27(39)41-29(3,4)5)33(6)28(40)37(25(23)38)18-21-19(2)35-16-10-9-13-22(35)31-21/h9-10,13,16,20H,11-12,14-15,17-18H2,1-6H3,(H,30,39). The molecule has 5 rings (SSSR count). The van der Waals surface area contributed by atoms with Crippen LogP contribution in [0.2, 0.25) is 0 Å². The number of aryl methyl sites for hydroxylation is 2. The van der Waals surface area contributed by atoms with Gasteiger partial charge in [0.2, 0.25) is 5.95 Å². The van der Waals surface area contributed by atoms with E-state index in [0.717, 1.165) is 24.2 Å². The van der Waals surface area contributed by atoms with Crippen LogP contribution in [0.25, 0.3) is 16.8 Å². The second-order valence-corrected chi connectivity index (χ2v) is 11.3. The van der Waals surface area contributed by atoms with Gasteiger partial charge in [-0.3, -0.25) is 18.5 Å². The highest BCUT2D eigenvalue weighted by molar-refractivity contribution is 5.75. The van der Waals surface area contributed by atoms with Crippen LogP contribution in [0.4, 0.5) is 10.7 Å². The molecule has 1 N–H and O–H groups in total. The molecule has 0 spiro atoms. The third-order valence-electron chi connectivity index (χ3n) is 7.23. The van der Waals surface area contributed by atoms with Gasteiger partial charge in [0.15, 0.2) is 11.2 Å². The number of pyridine rings is 1. The van der Waals surface area contributed by atoms with Crippen molar-refractivity contribution in [3.63, 3.8) is 0 Å². The van der Waals surface area contributed by atoms with Crippen molar-refractivity contribution in [1.29, 1.82) is 0 Å². The van der Waals surface area contributed by atoms with E-state index in [0.29, 0.717) is 30.2 Å². The molecule has 1 amide bonds. The molecule has 1 fully saturated rings. The number of hydrogen-bond acceptors (Lipinski definition) is 7. The van der Waals surface area contributed by atoms with Crippen LogP contribution in [0.1, 0.15) is 51.9 Å². The molecular formula is C29H36N8O4. The zero-order valence-electron chi connectivity index (χ0n) is 24.4. The number of nitrogens with one attached hydrogen (secondary N) is 1. The Balaban J connectivity index is 1.56. The Morgan fingerprint density at radius 1 is 1.20 bits per heavy atom. The zero-order chi connectivity index (χ0) is 29.5. The number of piperidine rings is 1. The zero-order valence-corrected chi connectivity index (χ0v) is 24.4. The van der Waals surface area contributed by atoms with Crippen molar-refractivity contribution in [1.82, 2.24) is 33.4 Å². The van der Waals surface area contributed by atoms with Crippen LogP contribution >= 0.6 is 0 Å². The number of rotatable bonds is 5. The van der Waals surface area contributed by atoms with E-state index >= 15 is 0 Å². The number of fused-ring (bicyclic) bond motifs is 2.